The van der Waals surface area contributed by atoms with Gasteiger partial charge in [0.15, 0.2) is 0 Å². The highest BCUT2D eigenvalue weighted by Gasteiger charge is 2.32. The van der Waals surface area contributed by atoms with E-state index in [0.29, 0.717) is 10.8 Å². The molecular formula is C14H21N3S. The number of nitrogen functional groups attached to an aromatic ring is 1. The van der Waals surface area contributed by atoms with Crippen LogP contribution in [0.5, 0.6) is 0 Å². The van der Waals surface area contributed by atoms with Gasteiger partial charge in [-0.25, -0.2) is 0 Å². The van der Waals surface area contributed by atoms with Crippen molar-refractivity contribution in [2.75, 3.05) is 23.7 Å². The summed E-state index contributed by atoms with van der Waals surface area (Å²) < 4.78 is 0. The van der Waals surface area contributed by atoms with E-state index in [2.05, 4.69) is 24.8 Å². The van der Waals surface area contributed by atoms with E-state index in [1.807, 2.05) is 0 Å². The summed E-state index contributed by atoms with van der Waals surface area (Å²) in [6.07, 6.45) is 4.84. The first-order valence-electron chi connectivity index (χ1n) is 6.80. The third kappa shape index (κ3) is 2.46. The number of nitrogens with two attached hydrogens (primary N) is 1. The molecule has 0 spiro atoms. The van der Waals surface area contributed by atoms with Crippen LogP contribution in [0.2, 0.25) is 0 Å². The topological polar surface area (TPSA) is 53.0 Å². The largest absolute Gasteiger partial charge is 0.397 e. The smallest absolute Gasteiger partial charge is 0.130 e. The first-order chi connectivity index (χ1) is 8.72. The molecule has 1 saturated carbocycles. The molecule has 1 fully saturated rings. The fraction of sp³-hybridized carbons (Fsp3) is 0.643. The Morgan fingerprint density at radius 2 is 2.17 bits per heavy atom. The van der Waals surface area contributed by atoms with Gasteiger partial charge >= 0.3 is 0 Å². The Morgan fingerprint density at radius 3 is 2.67 bits per heavy atom. The van der Waals surface area contributed by atoms with Crippen molar-refractivity contribution in [2.24, 2.45) is 0 Å². The predicted molar refractivity (Wildman–Crippen MR) is 78.2 cm³/mol. The van der Waals surface area contributed by atoms with Crippen LogP contribution in [0.25, 0.3) is 0 Å². The fourth-order valence-corrected chi connectivity index (χ4v) is 3.48. The number of hydrogen-bond acceptors (Lipinski definition) is 4. The van der Waals surface area contributed by atoms with E-state index in [1.165, 1.54) is 36.2 Å². The molecule has 1 aromatic rings. The van der Waals surface area contributed by atoms with Gasteiger partial charge in [-0.2, -0.15) is 5.26 Å². The molecule has 1 heterocycles. The lowest BCUT2D eigenvalue weighted by Crippen LogP contribution is -2.23. The first kappa shape index (κ1) is 13.2. The van der Waals surface area contributed by atoms with Gasteiger partial charge in [0.25, 0.3) is 0 Å². The molecule has 1 aromatic heterocycles. The summed E-state index contributed by atoms with van der Waals surface area (Å²) in [4.78, 5) is 3.08. The van der Waals surface area contributed by atoms with Gasteiger partial charge in [-0.1, -0.05) is 13.3 Å². The molecule has 0 radical (unpaired) electrons. The van der Waals surface area contributed by atoms with E-state index in [0.717, 1.165) is 18.8 Å². The van der Waals surface area contributed by atoms with Gasteiger partial charge in [0.05, 0.1) is 10.7 Å². The molecule has 0 atom stereocenters. The Labute approximate surface area is 113 Å². The Kier molecular flexibility index (Phi) is 4.13. The van der Waals surface area contributed by atoms with Crippen LogP contribution in [0.3, 0.4) is 0 Å². The van der Waals surface area contributed by atoms with Crippen molar-refractivity contribution in [3.05, 3.63) is 10.4 Å². The minimum Gasteiger partial charge on any atom is -0.397 e. The number of anilines is 2. The zero-order valence-corrected chi connectivity index (χ0v) is 12.0. The standard InChI is InChI=1S/C14H21N3S/c1-3-5-8-17(4-2)14-12(10-6-7-10)13(16)11(9-15)18-14/h10H,3-8,16H2,1-2H3. The molecule has 0 unspecified atom stereocenters. The zero-order chi connectivity index (χ0) is 13.1. The summed E-state index contributed by atoms with van der Waals surface area (Å²) in [6, 6.07) is 2.24. The number of unbranched alkanes of at least 4 members (excludes halogenated alkanes) is 1. The van der Waals surface area contributed by atoms with Crippen LogP contribution in [0.1, 0.15) is 55.9 Å². The fourth-order valence-electron chi connectivity index (χ4n) is 2.28. The third-order valence-corrected chi connectivity index (χ3v) is 4.69. The lowest BCUT2D eigenvalue weighted by molar-refractivity contribution is 0.734. The van der Waals surface area contributed by atoms with Crippen molar-refractivity contribution in [3.63, 3.8) is 0 Å². The van der Waals surface area contributed by atoms with Crippen molar-refractivity contribution < 1.29 is 0 Å². The first-order valence-corrected chi connectivity index (χ1v) is 7.61. The molecule has 0 aliphatic heterocycles. The van der Waals surface area contributed by atoms with Crippen molar-refractivity contribution in [2.45, 2.75) is 45.4 Å². The molecule has 0 saturated heterocycles. The molecule has 0 aromatic carbocycles. The lowest BCUT2D eigenvalue weighted by Gasteiger charge is -2.22. The van der Waals surface area contributed by atoms with Crippen LogP contribution in [0.4, 0.5) is 10.7 Å². The van der Waals surface area contributed by atoms with Crippen LogP contribution in [-0.4, -0.2) is 13.1 Å². The van der Waals surface area contributed by atoms with Gasteiger partial charge < -0.3 is 10.6 Å². The Balaban J connectivity index is 2.32. The molecule has 1 aliphatic carbocycles. The van der Waals surface area contributed by atoms with Crippen LogP contribution in [0, 0.1) is 11.3 Å². The summed E-state index contributed by atoms with van der Waals surface area (Å²) in [5, 5.41) is 10.4. The molecule has 3 nitrogen and oxygen atoms in total. The Morgan fingerprint density at radius 1 is 1.44 bits per heavy atom. The second-order valence-electron chi connectivity index (χ2n) is 4.88. The van der Waals surface area contributed by atoms with Gasteiger partial charge in [-0.15, -0.1) is 11.3 Å². The van der Waals surface area contributed by atoms with Crippen LogP contribution in [0.15, 0.2) is 0 Å². The van der Waals surface area contributed by atoms with E-state index in [-0.39, 0.29) is 0 Å². The number of thiophene rings is 1. The molecular weight excluding hydrogens is 242 g/mol. The summed E-state index contributed by atoms with van der Waals surface area (Å²) >= 11 is 1.58. The molecule has 2 rings (SSSR count). The third-order valence-electron chi connectivity index (χ3n) is 3.50. The normalized spacial score (nSPS) is 14.5. The molecule has 0 amide bonds. The molecule has 0 bridgehead atoms. The summed E-state index contributed by atoms with van der Waals surface area (Å²) in [5.41, 5.74) is 8.14. The van der Waals surface area contributed by atoms with Crippen molar-refractivity contribution in [1.82, 2.24) is 0 Å². The number of hydrogen-bond donors (Lipinski definition) is 1. The second kappa shape index (κ2) is 5.62. The molecule has 98 valence electrons. The highest BCUT2D eigenvalue weighted by Crippen LogP contribution is 2.51. The van der Waals surface area contributed by atoms with Gasteiger partial charge in [0.2, 0.25) is 0 Å². The lowest BCUT2D eigenvalue weighted by atomic mass is 10.1. The van der Waals surface area contributed by atoms with Crippen LogP contribution in [-0.2, 0) is 0 Å². The maximum atomic E-state index is 9.15. The number of nitriles is 1. The summed E-state index contributed by atoms with van der Waals surface area (Å²) in [6.45, 7) is 6.44. The second-order valence-corrected chi connectivity index (χ2v) is 5.88. The van der Waals surface area contributed by atoms with Crippen molar-refractivity contribution in [1.29, 1.82) is 5.26 Å². The van der Waals surface area contributed by atoms with Crippen molar-refractivity contribution in [3.8, 4) is 6.07 Å². The minimum atomic E-state index is 0.606. The minimum absolute atomic E-state index is 0.606. The average Bonchev–Trinajstić information content (AvgIpc) is 3.15. The van der Waals surface area contributed by atoms with E-state index < -0.39 is 0 Å². The van der Waals surface area contributed by atoms with Crippen LogP contribution < -0.4 is 10.6 Å². The van der Waals surface area contributed by atoms with E-state index in [4.69, 9.17) is 11.0 Å². The van der Waals surface area contributed by atoms with Crippen LogP contribution >= 0.6 is 11.3 Å². The maximum Gasteiger partial charge on any atom is 0.130 e. The average molecular weight is 263 g/mol. The quantitative estimate of drug-likeness (QED) is 0.851. The highest BCUT2D eigenvalue weighted by atomic mass is 32.1. The Hall–Kier alpha value is -1.21. The van der Waals surface area contributed by atoms with Gasteiger partial charge in [-0.05, 0) is 32.1 Å². The van der Waals surface area contributed by atoms with E-state index >= 15 is 0 Å². The molecule has 4 heteroatoms. The van der Waals surface area contributed by atoms with Gasteiger partial charge in [0.1, 0.15) is 10.9 Å². The van der Waals surface area contributed by atoms with E-state index in [9.17, 15) is 0 Å². The molecule has 2 N–H and O–H groups in total. The maximum absolute atomic E-state index is 9.15. The molecule has 18 heavy (non-hydrogen) atoms. The van der Waals surface area contributed by atoms with E-state index in [1.54, 1.807) is 11.3 Å². The zero-order valence-electron chi connectivity index (χ0n) is 11.2. The predicted octanol–water partition coefficient (Wildman–Crippen LogP) is 3.71. The summed E-state index contributed by atoms with van der Waals surface area (Å²) in [5.74, 6) is 0.606. The van der Waals surface area contributed by atoms with Gasteiger partial charge in [-0.3, -0.25) is 0 Å². The molecule has 1 aliphatic rings. The van der Waals surface area contributed by atoms with Crippen molar-refractivity contribution >= 4 is 22.0 Å². The van der Waals surface area contributed by atoms with Gasteiger partial charge in [0, 0.05) is 18.7 Å². The highest BCUT2D eigenvalue weighted by molar-refractivity contribution is 7.17. The monoisotopic (exact) mass is 263 g/mol. The Bertz CT molecular complexity index is 454. The SMILES string of the molecule is CCCCN(CC)c1sc(C#N)c(N)c1C1CC1. The number of nitrogens with zero attached hydrogens (tertiary/aromatic N) is 2. The number of rotatable bonds is 6. The summed E-state index contributed by atoms with van der Waals surface area (Å²) in [7, 11) is 0.